The highest BCUT2D eigenvalue weighted by Crippen LogP contribution is 2.25. The molecule has 5 rings (SSSR count). The van der Waals surface area contributed by atoms with Crippen LogP contribution < -0.4 is 5.56 Å². The van der Waals surface area contributed by atoms with Crippen LogP contribution in [-0.4, -0.2) is 22.7 Å². The first-order valence-electron chi connectivity index (χ1n) is 10.7. The fourth-order valence-corrected chi connectivity index (χ4v) is 4.77. The van der Waals surface area contributed by atoms with E-state index in [1.807, 2.05) is 0 Å². The monoisotopic (exact) mass is 420 g/mol. The lowest BCUT2D eigenvalue weighted by Gasteiger charge is -2.32. The van der Waals surface area contributed by atoms with Gasteiger partial charge in [0.15, 0.2) is 5.58 Å². The Balaban J connectivity index is 1.19. The minimum absolute atomic E-state index is 0.0825. The van der Waals surface area contributed by atoms with Gasteiger partial charge in [-0.3, -0.25) is 9.69 Å². The molecule has 1 saturated heterocycles. The molecule has 0 spiro atoms. The molecule has 0 bridgehead atoms. The maximum atomic E-state index is 12.5. The second kappa shape index (κ2) is 8.29. The maximum absolute atomic E-state index is 12.5. The summed E-state index contributed by atoms with van der Waals surface area (Å²) in [5, 5.41) is 3.78. The van der Waals surface area contributed by atoms with Crippen molar-refractivity contribution in [3.8, 4) is 0 Å². The highest BCUT2D eigenvalue weighted by Gasteiger charge is 2.20. The number of aromatic nitrogens is 1. The second-order valence-corrected chi connectivity index (χ2v) is 8.72. The molecule has 0 unspecified atom stereocenters. The number of hydrogen-bond acceptors (Lipinski definition) is 3. The Morgan fingerprint density at radius 2 is 1.77 bits per heavy atom. The van der Waals surface area contributed by atoms with Crippen molar-refractivity contribution in [1.82, 2.24) is 9.64 Å². The quantitative estimate of drug-likeness (QED) is 0.415. The van der Waals surface area contributed by atoms with Crippen LogP contribution in [-0.2, 0) is 13.1 Å². The van der Waals surface area contributed by atoms with Crippen LogP contribution in [0.5, 0.6) is 0 Å². The zero-order valence-corrected chi connectivity index (χ0v) is 17.6. The molecule has 30 heavy (non-hydrogen) atoms. The van der Waals surface area contributed by atoms with Gasteiger partial charge in [-0.2, -0.15) is 4.74 Å². The van der Waals surface area contributed by atoms with E-state index in [1.165, 1.54) is 21.1 Å². The molecule has 4 aromatic rings. The fourth-order valence-electron chi connectivity index (χ4n) is 4.59. The summed E-state index contributed by atoms with van der Waals surface area (Å²) in [6.45, 7) is 3.81. The Hall–Kier alpha value is -2.56. The molecule has 1 aliphatic rings. The average Bonchev–Trinajstić information content (AvgIpc) is 3.08. The largest absolute Gasteiger partial charge is 0.376 e. The first-order chi connectivity index (χ1) is 14.7. The van der Waals surface area contributed by atoms with Crippen molar-refractivity contribution in [3.05, 3.63) is 81.6 Å². The zero-order chi connectivity index (χ0) is 20.5. The van der Waals surface area contributed by atoms with Crippen molar-refractivity contribution in [2.24, 2.45) is 5.92 Å². The third-order valence-electron chi connectivity index (χ3n) is 6.33. The van der Waals surface area contributed by atoms with Gasteiger partial charge >= 0.3 is 0 Å². The molecule has 1 aromatic heterocycles. The summed E-state index contributed by atoms with van der Waals surface area (Å²) in [6.07, 6.45) is 3.28. The van der Waals surface area contributed by atoms with E-state index in [-0.39, 0.29) is 5.56 Å². The highest BCUT2D eigenvalue weighted by atomic mass is 35.5. The normalized spacial score (nSPS) is 15.9. The van der Waals surface area contributed by atoms with Gasteiger partial charge in [-0.25, -0.2) is 0 Å². The van der Waals surface area contributed by atoms with E-state index >= 15 is 0 Å². The van der Waals surface area contributed by atoms with Gasteiger partial charge in [0, 0.05) is 11.6 Å². The van der Waals surface area contributed by atoms with E-state index in [1.54, 1.807) is 18.2 Å². The Bertz CT molecular complexity index is 1230. The van der Waals surface area contributed by atoms with Gasteiger partial charge < -0.3 is 4.52 Å². The molecule has 1 aliphatic heterocycles. The smallest absolute Gasteiger partial charge is 0.290 e. The van der Waals surface area contributed by atoms with Crippen LogP contribution in [0, 0.1) is 5.92 Å². The molecule has 154 valence electrons. The van der Waals surface area contributed by atoms with E-state index in [4.69, 9.17) is 16.1 Å². The van der Waals surface area contributed by atoms with Crippen LogP contribution in [0.25, 0.3) is 21.7 Å². The van der Waals surface area contributed by atoms with Crippen molar-refractivity contribution >= 4 is 33.3 Å². The number of aryl methyl sites for hydroxylation is 1. The molecule has 1 fully saturated rings. The van der Waals surface area contributed by atoms with E-state index in [2.05, 4.69) is 47.4 Å². The molecule has 0 saturated carbocycles. The van der Waals surface area contributed by atoms with Gasteiger partial charge in [-0.1, -0.05) is 54.1 Å². The van der Waals surface area contributed by atoms with Crippen molar-refractivity contribution in [1.29, 1.82) is 0 Å². The van der Waals surface area contributed by atoms with Crippen LogP contribution in [0.3, 0.4) is 0 Å². The van der Waals surface area contributed by atoms with E-state index in [0.717, 1.165) is 38.9 Å². The van der Waals surface area contributed by atoms with E-state index in [9.17, 15) is 4.79 Å². The van der Waals surface area contributed by atoms with Gasteiger partial charge in [-0.15, -0.1) is 0 Å². The predicted octanol–water partition coefficient (Wildman–Crippen LogP) is 5.70. The number of hydrogen-bond donors (Lipinski definition) is 0. The Morgan fingerprint density at radius 3 is 2.63 bits per heavy atom. The van der Waals surface area contributed by atoms with Crippen molar-refractivity contribution in [2.45, 2.75) is 32.4 Å². The lowest BCUT2D eigenvalue weighted by molar-refractivity contribution is 0.159. The molecule has 0 aliphatic carbocycles. The predicted molar refractivity (Wildman–Crippen MR) is 122 cm³/mol. The molecular weight excluding hydrogens is 396 g/mol. The van der Waals surface area contributed by atoms with Gasteiger partial charge in [0.25, 0.3) is 5.56 Å². The number of benzene rings is 3. The highest BCUT2D eigenvalue weighted by molar-refractivity contribution is 6.31. The van der Waals surface area contributed by atoms with Crippen molar-refractivity contribution < 1.29 is 4.52 Å². The Kier molecular flexibility index (Phi) is 5.36. The summed E-state index contributed by atoms with van der Waals surface area (Å²) < 4.78 is 7.21. The summed E-state index contributed by atoms with van der Waals surface area (Å²) >= 11 is 6.01. The minimum atomic E-state index is -0.0825. The third-order valence-corrected chi connectivity index (χ3v) is 6.56. The fraction of sp³-hybridized carbons (Fsp3) is 0.320. The molecule has 4 nitrogen and oxygen atoms in total. The van der Waals surface area contributed by atoms with Crippen LogP contribution >= 0.6 is 11.6 Å². The Morgan fingerprint density at radius 1 is 0.967 bits per heavy atom. The minimum Gasteiger partial charge on any atom is -0.376 e. The van der Waals surface area contributed by atoms with Gasteiger partial charge in [0.1, 0.15) is 0 Å². The third kappa shape index (κ3) is 3.90. The van der Waals surface area contributed by atoms with Crippen LogP contribution in [0.1, 0.15) is 24.8 Å². The number of rotatable bonds is 5. The molecule has 0 atom stereocenters. The molecule has 0 N–H and O–H groups in total. The molecule has 5 heteroatoms. The lowest BCUT2D eigenvalue weighted by atomic mass is 9.93. The SMILES string of the molecule is O=c1c2cc(Cl)ccc2on1CCC1CCN(Cc2cccc3ccccc23)CC1. The summed E-state index contributed by atoms with van der Waals surface area (Å²) in [4.78, 5) is 15.1. The van der Waals surface area contributed by atoms with Crippen LogP contribution in [0.4, 0.5) is 0 Å². The molecule has 0 radical (unpaired) electrons. The summed E-state index contributed by atoms with van der Waals surface area (Å²) in [7, 11) is 0. The lowest BCUT2D eigenvalue weighted by Crippen LogP contribution is -2.33. The summed E-state index contributed by atoms with van der Waals surface area (Å²) in [6, 6.07) is 20.4. The number of halogens is 1. The van der Waals surface area contributed by atoms with Gasteiger partial charge in [0.2, 0.25) is 0 Å². The number of likely N-dealkylation sites (tertiary alicyclic amines) is 1. The van der Waals surface area contributed by atoms with Crippen LogP contribution in [0.2, 0.25) is 5.02 Å². The maximum Gasteiger partial charge on any atom is 0.290 e. The summed E-state index contributed by atoms with van der Waals surface area (Å²) in [5.74, 6) is 0.623. The standard InChI is InChI=1S/C25H25ClN2O2/c26-21-8-9-24-23(16-21)25(29)28(30-24)15-12-18-10-13-27(14-11-18)17-20-6-3-5-19-4-1-2-7-22(19)20/h1-9,16,18H,10-15,17H2. The zero-order valence-electron chi connectivity index (χ0n) is 16.9. The van der Waals surface area contributed by atoms with Crippen LogP contribution in [0.15, 0.2) is 70.0 Å². The molecule has 3 aromatic carbocycles. The number of fused-ring (bicyclic) bond motifs is 2. The van der Waals surface area contributed by atoms with E-state index in [0.29, 0.717) is 28.5 Å². The second-order valence-electron chi connectivity index (χ2n) is 8.29. The van der Waals surface area contributed by atoms with Crippen molar-refractivity contribution in [2.75, 3.05) is 13.1 Å². The first-order valence-corrected chi connectivity index (χ1v) is 11.0. The Labute approximate surface area is 180 Å². The molecule has 0 amide bonds. The average molecular weight is 421 g/mol. The summed E-state index contributed by atoms with van der Waals surface area (Å²) in [5.41, 5.74) is 1.93. The van der Waals surface area contributed by atoms with Crippen molar-refractivity contribution in [3.63, 3.8) is 0 Å². The van der Waals surface area contributed by atoms with E-state index < -0.39 is 0 Å². The van der Waals surface area contributed by atoms with Gasteiger partial charge in [0.05, 0.1) is 11.9 Å². The molecule has 2 heterocycles. The number of piperidine rings is 1. The van der Waals surface area contributed by atoms with Gasteiger partial charge in [-0.05, 0) is 72.8 Å². The number of nitrogens with zero attached hydrogens (tertiary/aromatic N) is 2. The topological polar surface area (TPSA) is 38.4 Å². The first kappa shape index (κ1) is 19.4. The molecular formula is C25H25ClN2O2.